The van der Waals surface area contributed by atoms with Crippen LogP contribution in [-0.2, 0) is 63.4 Å². The van der Waals surface area contributed by atoms with Crippen LogP contribution in [0.2, 0.25) is 6.82 Å². The highest BCUT2D eigenvalue weighted by molar-refractivity contribution is 9.11. The number of Topliss-reactive ketones (excluding diaryl/α,β-unsaturated/α-hetero) is 1. The number of nitrogens with zero attached hydrogens (tertiary/aromatic N) is 12. The average Bonchev–Trinajstić information content (AvgIpc) is 1.58. The zero-order chi connectivity index (χ0) is 97.1. The summed E-state index contributed by atoms with van der Waals surface area (Å²) >= 11 is 20.3. The molecular weight excluding hydrogens is 2090 g/mol. The molecule has 7 aromatic rings. The molecule has 1 radical (unpaired) electrons. The molecule has 709 valence electrons. The van der Waals surface area contributed by atoms with E-state index in [0.29, 0.717) is 73.2 Å². The summed E-state index contributed by atoms with van der Waals surface area (Å²) in [5, 5.41) is 20.5. The van der Waals surface area contributed by atoms with Crippen molar-refractivity contribution in [2.24, 2.45) is 10.9 Å². The number of hydrogen-bond acceptors (Lipinski definition) is 24. The summed E-state index contributed by atoms with van der Waals surface area (Å²) in [4.78, 5) is 138. The first kappa shape index (κ1) is 109. The zero-order valence-electron chi connectivity index (χ0n) is 75.9. The van der Waals surface area contributed by atoms with E-state index in [4.69, 9.17) is 37.9 Å². The second-order valence-electron chi connectivity index (χ2n) is 35.4. The number of amides is 6. The highest BCUT2D eigenvalue weighted by Crippen LogP contribution is 2.57. The summed E-state index contributed by atoms with van der Waals surface area (Å²) in [6.07, 6.45) is 26.2. The van der Waals surface area contributed by atoms with Crippen molar-refractivity contribution in [3.05, 3.63) is 169 Å². The van der Waals surface area contributed by atoms with Crippen LogP contribution >= 0.6 is 95.6 Å². The molecule has 10 aliphatic rings. The molecule has 2 saturated carbocycles. The Kier molecular flexibility index (Phi) is 41.3. The van der Waals surface area contributed by atoms with Gasteiger partial charge in [0.2, 0.25) is 11.8 Å². The Labute approximate surface area is 813 Å². The number of pyridine rings is 7. The maximum absolute atomic E-state index is 12.3. The van der Waals surface area contributed by atoms with Crippen LogP contribution in [0.3, 0.4) is 0 Å². The van der Waals surface area contributed by atoms with Crippen LogP contribution in [0.15, 0.2) is 124 Å². The third-order valence-electron chi connectivity index (χ3n) is 20.3. The van der Waals surface area contributed by atoms with Crippen molar-refractivity contribution in [1.82, 2.24) is 34.9 Å². The van der Waals surface area contributed by atoms with E-state index in [1.165, 1.54) is 80.9 Å². The number of carbonyl (C=O) groups excluding carboxylic acids is 7. The predicted molar refractivity (Wildman–Crippen MR) is 521 cm³/mol. The molecule has 17 rings (SSSR count). The number of carbonyl (C=O) groups is 8. The number of carboxylic acid groups (broad SMARTS) is 1. The minimum Gasteiger partial charge on any atom is -0.478 e. The molecular formula is C90H113BBr6F3N16O15. The summed E-state index contributed by atoms with van der Waals surface area (Å²) in [7, 11) is 0.500. The lowest BCUT2D eigenvalue weighted by molar-refractivity contribution is -0.119. The molecule has 1 unspecified atom stereocenters. The van der Waals surface area contributed by atoms with Gasteiger partial charge < -0.3 is 54.8 Å². The fourth-order valence-corrected chi connectivity index (χ4v) is 16.0. The SMILES string of the molecule is Brc1cnc2c(c1)CCCN2.C1CCOC1.C=C1CCN(C(=O)OC(C)(C)C)c2ncc(Br)cc21.CC(C)(C)OC(=O)N1CCC(=O)c2cc(Br)cnc21.CC(C)(C)OC(=O)N1CCC2(CC2)c2cc(Br)cnc21.CC(C)(C)OC(=O)N1CCCc2cc(Br)cnc21.CC(N=O)C(N)=O.C[B]F.FF.O=C(O)c1cnc2c(c1)C1(CCN2)CC1.O=C1CCc2cc(Br)cnc2N1. The summed E-state index contributed by atoms with van der Waals surface area (Å²) < 4.78 is 58.2. The number of anilines is 7. The van der Waals surface area contributed by atoms with E-state index in [0.717, 1.165) is 145 Å². The van der Waals surface area contributed by atoms with Gasteiger partial charge in [-0.25, -0.2) is 58.9 Å². The number of ether oxygens (including phenoxy) is 5. The molecule has 3 fully saturated rings. The largest absolute Gasteiger partial charge is 0.478 e. The van der Waals surface area contributed by atoms with E-state index >= 15 is 0 Å². The molecule has 7 aromatic heterocycles. The van der Waals surface area contributed by atoms with Gasteiger partial charge in [0.05, 0.1) is 11.1 Å². The lowest BCUT2D eigenvalue weighted by Gasteiger charge is -2.34. The number of primary amides is 1. The Morgan fingerprint density at radius 2 is 0.908 bits per heavy atom. The predicted octanol–water partition coefficient (Wildman–Crippen LogP) is 22.2. The maximum Gasteiger partial charge on any atom is 0.416 e. The third-order valence-corrected chi connectivity index (χ3v) is 23.0. The molecule has 1 atom stereocenters. The molecule has 8 aliphatic heterocycles. The standard InChI is InChI=1S/C15H19BrN2O2.C14H17BrN2O2.C13H15BrN2O3.C13H17BrN2O2.C11H12N2O2.C8H7BrN2O.C8H9BrN2.C4H8O.C3H6N2O2.CH3BF.F2/c1-14(2,3)20-13(19)18-7-6-15(4-5-15)11-8-10(16)9-17-12(11)18;1-9-5-6-17(13(18)19-14(2,3)4)12-11(9)7-10(15)8-16-12;1-13(2,3)19-12(18)16-5-4-10(17)9-6-8(14)7-15-11(9)16;1-13(2,3)18-12(17)16-6-4-5-9-7-10(14)8-15-11(9)16;14-10(15)7-5-8-9(13-6-7)12-4-3-11(8)1-2-11;9-6-3-5-1-2-7(12)11-8(5)10-4-6;9-7-4-6-2-1-3-10-8(6)11-5-7;1-2-4-5-3-1;1-2(5-7)3(4)6;1-2-3;1-2/h8-9H,4-7H2,1-3H3;7-8H,1,5-6H2,2-4H3;6-7H,4-5H2,1-3H3;7-8H,4-6H2,1-3H3;5-6H,1-4H2,(H,12,13)(H,14,15);3-4H,1-2H2,(H,10,11,12);4-5H,1-3H2,(H,10,11);1-4H2;2H,1H3,(H2,4,6);1H3;. The molecule has 31 nitrogen and oxygen atoms in total. The van der Waals surface area contributed by atoms with Crippen molar-refractivity contribution in [2.45, 2.75) is 239 Å². The molecule has 41 heteroatoms. The number of ketones is 1. The Balaban J connectivity index is 0.000000204. The van der Waals surface area contributed by atoms with Gasteiger partial charge >= 0.3 is 37.9 Å². The minimum atomic E-state index is -0.897. The smallest absolute Gasteiger partial charge is 0.416 e. The third kappa shape index (κ3) is 34.1. The second kappa shape index (κ2) is 49.7. The van der Waals surface area contributed by atoms with Crippen LogP contribution in [0.4, 0.5) is 73.4 Å². The van der Waals surface area contributed by atoms with Gasteiger partial charge in [0, 0.05) is 172 Å². The fourth-order valence-electron chi connectivity index (χ4n) is 13.8. The molecule has 2 spiro atoms. The van der Waals surface area contributed by atoms with E-state index in [1.807, 2.05) is 86.7 Å². The summed E-state index contributed by atoms with van der Waals surface area (Å²) in [5.74, 6) is 3.58. The molecule has 131 heavy (non-hydrogen) atoms. The van der Waals surface area contributed by atoms with Crippen LogP contribution in [-0.4, -0.2) is 176 Å². The first-order valence-electron chi connectivity index (χ1n) is 42.5. The van der Waals surface area contributed by atoms with Crippen LogP contribution in [0.5, 0.6) is 0 Å². The number of fused-ring (bicyclic) bond motifs is 9. The summed E-state index contributed by atoms with van der Waals surface area (Å²) in [6.45, 7) is 35.1. The number of nitrogens with two attached hydrogens (primary N) is 1. The number of aromatic carboxylic acids is 1. The Morgan fingerprint density at radius 1 is 0.496 bits per heavy atom. The number of hydrogen-bond donors (Lipinski definition) is 5. The summed E-state index contributed by atoms with van der Waals surface area (Å²) in [5.41, 5.74) is 11.5. The number of halogens is 9. The summed E-state index contributed by atoms with van der Waals surface area (Å²) in [6, 6.07) is 12.7. The van der Waals surface area contributed by atoms with E-state index in [9.17, 15) is 47.6 Å². The van der Waals surface area contributed by atoms with Crippen molar-refractivity contribution in [3.63, 3.8) is 0 Å². The zero-order valence-corrected chi connectivity index (χ0v) is 85.4. The van der Waals surface area contributed by atoms with E-state index in [2.05, 4.69) is 176 Å². The average molecular weight is 2210 g/mol. The molecule has 0 bridgehead atoms. The van der Waals surface area contributed by atoms with Crippen LogP contribution in [0.1, 0.15) is 228 Å². The minimum absolute atomic E-state index is 0.0105. The van der Waals surface area contributed by atoms with Crippen molar-refractivity contribution < 1.29 is 80.6 Å². The van der Waals surface area contributed by atoms with E-state index < -0.39 is 46.4 Å². The molecule has 6 N–H and O–H groups in total. The Bertz CT molecular complexity index is 5090. The van der Waals surface area contributed by atoms with Crippen molar-refractivity contribution in [2.75, 3.05) is 88.0 Å². The van der Waals surface area contributed by atoms with Crippen LogP contribution in [0.25, 0.3) is 5.57 Å². The maximum atomic E-state index is 12.3. The monoisotopic (exact) mass is 2200 g/mol. The van der Waals surface area contributed by atoms with Gasteiger partial charge in [0.15, 0.2) is 11.8 Å². The molecule has 0 aromatic carbocycles. The fraction of sp³-hybridized carbons (Fsp3) is 0.500. The number of rotatable bonds is 3. The molecule has 2 aliphatic carbocycles. The van der Waals surface area contributed by atoms with Gasteiger partial charge in [-0.05, 0) is 340 Å². The lowest BCUT2D eigenvalue weighted by Crippen LogP contribution is -2.42. The second-order valence-corrected chi connectivity index (χ2v) is 40.9. The number of nitroso groups, excluding NO2 is 1. The molecule has 15 heterocycles. The number of aryl methyl sites for hydroxylation is 3. The topological polar surface area (TPSA) is 398 Å². The lowest BCUT2D eigenvalue weighted by atomic mass is 9.89. The van der Waals surface area contributed by atoms with Gasteiger partial charge in [-0.2, -0.15) is 0 Å². The Morgan fingerprint density at radius 3 is 1.39 bits per heavy atom. The van der Waals surface area contributed by atoms with Gasteiger partial charge in [0.1, 0.15) is 63.1 Å². The van der Waals surface area contributed by atoms with Crippen LogP contribution < -0.4 is 41.3 Å². The van der Waals surface area contributed by atoms with Gasteiger partial charge in [0.25, 0.3) is 0 Å². The van der Waals surface area contributed by atoms with Crippen molar-refractivity contribution in [3.8, 4) is 0 Å². The molecule has 6 amide bonds. The van der Waals surface area contributed by atoms with Gasteiger partial charge in [-0.15, -0.1) is 4.91 Å². The number of aromatic nitrogens is 7. The van der Waals surface area contributed by atoms with E-state index in [1.54, 1.807) is 78.6 Å². The quantitative estimate of drug-likeness (QED) is 0.0623. The van der Waals surface area contributed by atoms with Crippen molar-refractivity contribution >= 4 is 197 Å². The van der Waals surface area contributed by atoms with Crippen molar-refractivity contribution in [1.29, 1.82) is 0 Å². The number of carboxylic acids is 1. The highest BCUT2D eigenvalue weighted by atomic mass is 79.9. The van der Waals surface area contributed by atoms with Crippen LogP contribution in [0, 0.1) is 4.91 Å². The van der Waals surface area contributed by atoms with E-state index in [-0.39, 0.29) is 47.2 Å². The first-order valence-corrected chi connectivity index (χ1v) is 47.3. The highest BCUT2D eigenvalue weighted by Gasteiger charge is 2.51. The Hall–Kier alpha value is -9.16. The number of nitrogens with one attached hydrogen (secondary N) is 3. The van der Waals surface area contributed by atoms with Gasteiger partial charge in [-0.3, -0.25) is 34.0 Å². The first-order chi connectivity index (χ1) is 61.6. The normalized spacial score (nSPS) is 16.3. The molecule has 1 saturated heterocycles. The van der Waals surface area contributed by atoms with Gasteiger partial charge in [-0.1, -0.05) is 18.6 Å².